The number of nitrogens with zero attached hydrogens (tertiary/aromatic N) is 4. The van der Waals surface area contributed by atoms with Gasteiger partial charge in [0.2, 0.25) is 11.8 Å². The van der Waals surface area contributed by atoms with Gasteiger partial charge >= 0.3 is 0 Å². The van der Waals surface area contributed by atoms with Crippen molar-refractivity contribution < 1.29 is 14.0 Å². The van der Waals surface area contributed by atoms with Gasteiger partial charge in [-0.3, -0.25) is 24.3 Å². The zero-order valence-electron chi connectivity index (χ0n) is 14.1. The van der Waals surface area contributed by atoms with E-state index in [9.17, 15) is 14.0 Å². The molecule has 3 rings (SSSR count). The summed E-state index contributed by atoms with van der Waals surface area (Å²) < 4.78 is 13.4. The molecule has 25 heavy (non-hydrogen) atoms. The Bertz CT molecular complexity index is 692. The van der Waals surface area contributed by atoms with Crippen molar-refractivity contribution in [2.45, 2.75) is 19.4 Å². The SMILES string of the molecule is N#Cc1ccc(F)cc1CN1CCN(CCN2C(=O)CCC2=O)CC1. The van der Waals surface area contributed by atoms with Crippen molar-refractivity contribution in [2.24, 2.45) is 0 Å². The predicted molar refractivity (Wildman–Crippen MR) is 88.8 cm³/mol. The maximum atomic E-state index is 13.4. The van der Waals surface area contributed by atoms with Crippen molar-refractivity contribution in [2.75, 3.05) is 39.3 Å². The van der Waals surface area contributed by atoms with E-state index < -0.39 is 0 Å². The molecule has 0 aromatic heterocycles. The summed E-state index contributed by atoms with van der Waals surface area (Å²) in [6, 6.07) is 6.36. The van der Waals surface area contributed by atoms with Gasteiger partial charge in [-0.15, -0.1) is 0 Å². The molecule has 0 spiro atoms. The first-order valence-electron chi connectivity index (χ1n) is 8.53. The first-order valence-corrected chi connectivity index (χ1v) is 8.53. The molecule has 2 heterocycles. The summed E-state index contributed by atoms with van der Waals surface area (Å²) in [5.41, 5.74) is 1.22. The Labute approximate surface area is 146 Å². The van der Waals surface area contributed by atoms with Crippen LogP contribution in [0.25, 0.3) is 0 Å². The Morgan fingerprint density at radius 2 is 1.64 bits per heavy atom. The summed E-state index contributed by atoms with van der Waals surface area (Å²) in [5.74, 6) is -0.467. The Balaban J connectivity index is 1.48. The zero-order valence-corrected chi connectivity index (χ0v) is 14.1. The number of nitriles is 1. The molecule has 1 aromatic rings. The molecule has 0 aliphatic carbocycles. The van der Waals surface area contributed by atoms with Crippen molar-refractivity contribution in [1.82, 2.24) is 14.7 Å². The van der Waals surface area contributed by atoms with E-state index in [1.54, 1.807) is 0 Å². The third-order valence-corrected chi connectivity index (χ3v) is 4.84. The highest BCUT2D eigenvalue weighted by Crippen LogP contribution is 2.15. The molecule has 2 aliphatic heterocycles. The molecule has 0 radical (unpaired) electrons. The van der Waals surface area contributed by atoms with Crippen LogP contribution in [0.3, 0.4) is 0 Å². The van der Waals surface area contributed by atoms with Gasteiger partial charge in [-0.1, -0.05) is 0 Å². The fourth-order valence-electron chi connectivity index (χ4n) is 3.33. The van der Waals surface area contributed by atoms with E-state index in [4.69, 9.17) is 5.26 Å². The first-order chi connectivity index (χ1) is 12.1. The minimum absolute atomic E-state index is 0.0706. The quantitative estimate of drug-likeness (QED) is 0.745. The number of piperazine rings is 1. The minimum atomic E-state index is -0.326. The molecular weight excluding hydrogens is 323 g/mol. The maximum Gasteiger partial charge on any atom is 0.229 e. The van der Waals surface area contributed by atoms with E-state index in [2.05, 4.69) is 15.9 Å². The summed E-state index contributed by atoms with van der Waals surface area (Å²) in [7, 11) is 0. The zero-order chi connectivity index (χ0) is 17.8. The number of imide groups is 1. The van der Waals surface area contributed by atoms with Gasteiger partial charge in [0, 0.05) is 58.7 Å². The van der Waals surface area contributed by atoms with Crippen LogP contribution in [0.4, 0.5) is 4.39 Å². The van der Waals surface area contributed by atoms with E-state index >= 15 is 0 Å². The second-order valence-corrected chi connectivity index (χ2v) is 6.47. The average molecular weight is 344 g/mol. The molecule has 2 amide bonds. The Morgan fingerprint density at radius 1 is 1.00 bits per heavy atom. The second-order valence-electron chi connectivity index (χ2n) is 6.47. The van der Waals surface area contributed by atoms with Gasteiger partial charge in [-0.05, 0) is 23.8 Å². The largest absolute Gasteiger partial charge is 0.299 e. The number of hydrogen-bond donors (Lipinski definition) is 0. The molecule has 0 bridgehead atoms. The summed E-state index contributed by atoms with van der Waals surface area (Å²) in [4.78, 5) is 29.0. The Kier molecular flexibility index (Phi) is 5.41. The van der Waals surface area contributed by atoms with Crippen molar-refractivity contribution in [3.8, 4) is 6.07 Å². The van der Waals surface area contributed by atoms with E-state index in [-0.39, 0.29) is 17.6 Å². The number of hydrogen-bond acceptors (Lipinski definition) is 5. The molecule has 2 saturated heterocycles. The lowest BCUT2D eigenvalue weighted by Crippen LogP contribution is -2.48. The second kappa shape index (κ2) is 7.72. The molecule has 0 unspecified atom stereocenters. The smallest absolute Gasteiger partial charge is 0.229 e. The number of likely N-dealkylation sites (tertiary alicyclic amines) is 1. The number of halogens is 1. The average Bonchev–Trinajstić information content (AvgIpc) is 2.93. The van der Waals surface area contributed by atoms with Crippen molar-refractivity contribution >= 4 is 11.8 Å². The summed E-state index contributed by atoms with van der Waals surface area (Å²) in [6.45, 7) is 4.97. The minimum Gasteiger partial charge on any atom is -0.299 e. The molecule has 2 fully saturated rings. The van der Waals surface area contributed by atoms with Crippen LogP contribution < -0.4 is 0 Å². The van der Waals surface area contributed by atoms with Gasteiger partial charge in [0.25, 0.3) is 0 Å². The van der Waals surface area contributed by atoms with Crippen molar-refractivity contribution in [3.63, 3.8) is 0 Å². The fourth-order valence-corrected chi connectivity index (χ4v) is 3.33. The maximum absolute atomic E-state index is 13.4. The number of amides is 2. The number of rotatable bonds is 5. The lowest BCUT2D eigenvalue weighted by atomic mass is 10.1. The predicted octanol–water partition coefficient (Wildman–Crippen LogP) is 0.964. The van der Waals surface area contributed by atoms with E-state index in [0.29, 0.717) is 43.6 Å². The van der Waals surface area contributed by atoms with Crippen LogP contribution in [0.15, 0.2) is 18.2 Å². The Morgan fingerprint density at radius 3 is 2.28 bits per heavy atom. The van der Waals surface area contributed by atoms with Crippen LogP contribution in [0, 0.1) is 17.1 Å². The lowest BCUT2D eigenvalue weighted by Gasteiger charge is -2.35. The third kappa shape index (κ3) is 4.21. The molecule has 6 nitrogen and oxygen atoms in total. The highest BCUT2D eigenvalue weighted by molar-refractivity contribution is 6.01. The van der Waals surface area contributed by atoms with Gasteiger partial charge < -0.3 is 0 Å². The first kappa shape index (κ1) is 17.5. The van der Waals surface area contributed by atoms with Gasteiger partial charge in [-0.2, -0.15) is 5.26 Å². The summed E-state index contributed by atoms with van der Waals surface area (Å²) >= 11 is 0. The highest BCUT2D eigenvalue weighted by Gasteiger charge is 2.29. The lowest BCUT2D eigenvalue weighted by molar-refractivity contribution is -0.138. The van der Waals surface area contributed by atoms with Gasteiger partial charge in [0.05, 0.1) is 11.6 Å². The molecule has 7 heteroatoms. The standard InChI is InChI=1S/C18H21FN4O2/c19-16-2-1-14(12-20)15(11-16)13-22-7-5-21(6-8-22)9-10-23-17(24)3-4-18(23)25/h1-2,11H,3-10,13H2. The Hall–Kier alpha value is -2.30. The van der Waals surface area contributed by atoms with Crippen LogP contribution >= 0.6 is 0 Å². The molecule has 1 aromatic carbocycles. The monoisotopic (exact) mass is 344 g/mol. The van der Waals surface area contributed by atoms with Gasteiger partial charge in [0.15, 0.2) is 0 Å². The van der Waals surface area contributed by atoms with Crippen LogP contribution in [-0.4, -0.2) is 65.8 Å². The molecule has 0 N–H and O–H groups in total. The number of benzene rings is 1. The number of carbonyl (C=O) groups is 2. The van der Waals surface area contributed by atoms with E-state index in [1.165, 1.54) is 23.1 Å². The number of carbonyl (C=O) groups excluding carboxylic acids is 2. The normalized spacial score (nSPS) is 19.4. The highest BCUT2D eigenvalue weighted by atomic mass is 19.1. The van der Waals surface area contributed by atoms with E-state index in [0.717, 1.165) is 26.2 Å². The van der Waals surface area contributed by atoms with Crippen molar-refractivity contribution in [3.05, 3.63) is 35.1 Å². The molecular formula is C18H21FN4O2. The molecule has 132 valence electrons. The van der Waals surface area contributed by atoms with Crippen molar-refractivity contribution in [1.29, 1.82) is 5.26 Å². The third-order valence-electron chi connectivity index (χ3n) is 4.84. The van der Waals surface area contributed by atoms with Crippen LogP contribution in [0.2, 0.25) is 0 Å². The summed E-state index contributed by atoms with van der Waals surface area (Å²) in [6.07, 6.45) is 0.670. The summed E-state index contributed by atoms with van der Waals surface area (Å²) in [5, 5.41) is 9.14. The van der Waals surface area contributed by atoms with E-state index in [1.807, 2.05) is 0 Å². The van der Waals surface area contributed by atoms with Crippen LogP contribution in [-0.2, 0) is 16.1 Å². The molecule has 0 atom stereocenters. The van der Waals surface area contributed by atoms with Crippen LogP contribution in [0.5, 0.6) is 0 Å². The van der Waals surface area contributed by atoms with Gasteiger partial charge in [0.1, 0.15) is 5.82 Å². The fraction of sp³-hybridized carbons (Fsp3) is 0.500. The van der Waals surface area contributed by atoms with Gasteiger partial charge in [-0.25, -0.2) is 4.39 Å². The molecule has 0 saturated carbocycles. The topological polar surface area (TPSA) is 67.7 Å². The molecule has 2 aliphatic rings. The van der Waals surface area contributed by atoms with Crippen LogP contribution in [0.1, 0.15) is 24.0 Å².